The molecule has 1 aliphatic heterocycles. The summed E-state index contributed by atoms with van der Waals surface area (Å²) in [7, 11) is 0. The Morgan fingerprint density at radius 3 is 3.08 bits per heavy atom. The first-order valence-electron chi connectivity index (χ1n) is 4.53. The fourth-order valence-electron chi connectivity index (χ4n) is 1.15. The molecule has 1 rings (SSSR count). The topological polar surface area (TPSA) is 56.5 Å². The number of nitrogens with two attached hydrogens (primary N) is 1. The first-order valence-corrected chi connectivity index (χ1v) is 4.53. The van der Waals surface area contributed by atoms with Crippen LogP contribution in [0.4, 0.5) is 0 Å². The van der Waals surface area contributed by atoms with Gasteiger partial charge in [-0.2, -0.15) is 0 Å². The van der Waals surface area contributed by atoms with Crippen molar-refractivity contribution >= 4 is 0 Å². The number of ether oxygens (including phenoxy) is 2. The largest absolute Gasteiger partial charge is 0.355 e. The van der Waals surface area contributed by atoms with Gasteiger partial charge in [0.25, 0.3) is 0 Å². The second-order valence-corrected chi connectivity index (χ2v) is 2.95. The van der Waals surface area contributed by atoms with Crippen molar-refractivity contribution in [3.63, 3.8) is 0 Å². The summed E-state index contributed by atoms with van der Waals surface area (Å²) in [6.45, 7) is 3.93. The van der Waals surface area contributed by atoms with Crippen molar-refractivity contribution in [2.45, 2.75) is 18.9 Å². The summed E-state index contributed by atoms with van der Waals surface area (Å²) in [5.74, 6) is 0. The highest BCUT2D eigenvalue weighted by Gasteiger charge is 2.12. The van der Waals surface area contributed by atoms with Crippen molar-refractivity contribution in [2.24, 2.45) is 5.73 Å². The molecule has 1 atom stereocenters. The molecule has 0 aliphatic carbocycles. The predicted molar refractivity (Wildman–Crippen MR) is 46.9 cm³/mol. The van der Waals surface area contributed by atoms with Crippen molar-refractivity contribution in [3.8, 4) is 0 Å². The molecule has 1 unspecified atom stereocenters. The lowest BCUT2D eigenvalue weighted by molar-refractivity contribution is -0.137. The zero-order valence-corrected chi connectivity index (χ0v) is 7.42. The Kier molecular flexibility index (Phi) is 5.27. The molecule has 4 nitrogen and oxygen atoms in total. The predicted octanol–water partition coefficient (Wildman–Crippen LogP) is -0.312. The molecule has 0 radical (unpaired) electrons. The monoisotopic (exact) mass is 174 g/mol. The van der Waals surface area contributed by atoms with Crippen LogP contribution in [-0.4, -0.2) is 39.1 Å². The summed E-state index contributed by atoms with van der Waals surface area (Å²) in [6.07, 6.45) is 2.36. The molecule has 3 N–H and O–H groups in total. The zero-order chi connectivity index (χ0) is 8.65. The highest BCUT2D eigenvalue weighted by atomic mass is 16.7. The molecule has 0 bridgehead atoms. The van der Waals surface area contributed by atoms with E-state index in [0.29, 0.717) is 12.9 Å². The van der Waals surface area contributed by atoms with E-state index in [1.807, 2.05) is 0 Å². The van der Waals surface area contributed by atoms with E-state index in [4.69, 9.17) is 15.2 Å². The fraction of sp³-hybridized carbons (Fsp3) is 1.00. The highest BCUT2D eigenvalue weighted by Crippen LogP contribution is 2.03. The summed E-state index contributed by atoms with van der Waals surface area (Å²) in [4.78, 5) is 0. The molecular weight excluding hydrogens is 156 g/mol. The minimum atomic E-state index is 0.330. The van der Waals surface area contributed by atoms with E-state index >= 15 is 0 Å². The number of nitrogens with one attached hydrogen (secondary N) is 1. The molecule has 4 heteroatoms. The van der Waals surface area contributed by atoms with Crippen LogP contribution in [0.15, 0.2) is 0 Å². The Labute approximate surface area is 73.4 Å². The molecular formula is C8H18N2O2. The van der Waals surface area contributed by atoms with Gasteiger partial charge in [-0.1, -0.05) is 0 Å². The maximum absolute atomic E-state index is 5.36. The van der Waals surface area contributed by atoms with Gasteiger partial charge in [-0.05, 0) is 25.9 Å². The van der Waals surface area contributed by atoms with Gasteiger partial charge < -0.3 is 20.5 Å². The average molecular weight is 174 g/mol. The smallest absolute Gasteiger partial charge is 0.147 e. The molecule has 0 spiro atoms. The zero-order valence-electron chi connectivity index (χ0n) is 7.42. The van der Waals surface area contributed by atoms with E-state index < -0.39 is 0 Å². The third-order valence-corrected chi connectivity index (χ3v) is 1.90. The number of hydrogen-bond donors (Lipinski definition) is 2. The van der Waals surface area contributed by atoms with Crippen LogP contribution in [0, 0.1) is 0 Å². The Hall–Kier alpha value is -0.160. The second-order valence-electron chi connectivity index (χ2n) is 2.95. The maximum atomic E-state index is 5.36. The molecule has 0 amide bonds. The van der Waals surface area contributed by atoms with E-state index in [1.54, 1.807) is 0 Å². The molecule has 0 aromatic heterocycles. The fourth-order valence-corrected chi connectivity index (χ4v) is 1.15. The van der Waals surface area contributed by atoms with Gasteiger partial charge in [-0.25, -0.2) is 0 Å². The van der Waals surface area contributed by atoms with Gasteiger partial charge in [-0.3, -0.25) is 0 Å². The standard InChI is InChI=1S/C8H18N2O2/c9-3-1-4-10-6-8-2-5-11-7-12-8/h8,10H,1-7,9H2. The van der Waals surface area contributed by atoms with E-state index in [-0.39, 0.29) is 0 Å². The Bertz CT molecular complexity index is 105. The van der Waals surface area contributed by atoms with Gasteiger partial charge in [0.2, 0.25) is 0 Å². The van der Waals surface area contributed by atoms with Crippen LogP contribution in [0.3, 0.4) is 0 Å². The lowest BCUT2D eigenvalue weighted by Gasteiger charge is -2.22. The van der Waals surface area contributed by atoms with E-state index in [2.05, 4.69) is 5.32 Å². The van der Waals surface area contributed by atoms with Gasteiger partial charge >= 0.3 is 0 Å². The quantitative estimate of drug-likeness (QED) is 0.561. The van der Waals surface area contributed by atoms with Gasteiger partial charge in [-0.15, -0.1) is 0 Å². The Morgan fingerprint density at radius 1 is 1.50 bits per heavy atom. The van der Waals surface area contributed by atoms with Gasteiger partial charge in [0, 0.05) is 6.54 Å². The van der Waals surface area contributed by atoms with E-state index in [9.17, 15) is 0 Å². The number of hydrogen-bond acceptors (Lipinski definition) is 4. The lowest BCUT2D eigenvalue weighted by Crippen LogP contribution is -2.34. The summed E-state index contributed by atoms with van der Waals surface area (Å²) in [5.41, 5.74) is 5.36. The van der Waals surface area contributed by atoms with Crippen LogP contribution in [0.1, 0.15) is 12.8 Å². The molecule has 72 valence electrons. The molecule has 0 saturated carbocycles. The Morgan fingerprint density at radius 2 is 2.42 bits per heavy atom. The molecule has 1 saturated heterocycles. The van der Waals surface area contributed by atoms with Crippen molar-refractivity contribution in [3.05, 3.63) is 0 Å². The lowest BCUT2D eigenvalue weighted by atomic mass is 10.2. The van der Waals surface area contributed by atoms with Gasteiger partial charge in [0.05, 0.1) is 12.7 Å². The molecule has 0 aromatic rings. The molecule has 0 aromatic carbocycles. The second kappa shape index (κ2) is 6.37. The molecule has 12 heavy (non-hydrogen) atoms. The van der Waals surface area contributed by atoms with Crippen LogP contribution in [-0.2, 0) is 9.47 Å². The van der Waals surface area contributed by atoms with Gasteiger partial charge in [0.15, 0.2) is 0 Å². The summed E-state index contributed by atoms with van der Waals surface area (Å²) >= 11 is 0. The van der Waals surface area contributed by atoms with Crippen molar-refractivity contribution < 1.29 is 9.47 Å². The van der Waals surface area contributed by atoms with Crippen LogP contribution in [0.2, 0.25) is 0 Å². The first-order chi connectivity index (χ1) is 5.93. The third kappa shape index (κ3) is 4.01. The van der Waals surface area contributed by atoms with Gasteiger partial charge in [0.1, 0.15) is 6.79 Å². The molecule has 1 heterocycles. The van der Waals surface area contributed by atoms with Crippen LogP contribution in [0.5, 0.6) is 0 Å². The van der Waals surface area contributed by atoms with E-state index in [0.717, 1.165) is 39.1 Å². The summed E-state index contributed by atoms with van der Waals surface area (Å²) < 4.78 is 10.4. The molecule has 1 fully saturated rings. The van der Waals surface area contributed by atoms with Crippen molar-refractivity contribution in [1.82, 2.24) is 5.32 Å². The highest BCUT2D eigenvalue weighted by molar-refractivity contribution is 4.63. The number of rotatable bonds is 5. The minimum absolute atomic E-state index is 0.330. The third-order valence-electron chi connectivity index (χ3n) is 1.90. The van der Waals surface area contributed by atoms with Crippen LogP contribution in [0.25, 0.3) is 0 Å². The van der Waals surface area contributed by atoms with E-state index in [1.165, 1.54) is 0 Å². The molecule has 1 aliphatic rings. The van der Waals surface area contributed by atoms with Crippen LogP contribution >= 0.6 is 0 Å². The maximum Gasteiger partial charge on any atom is 0.147 e. The van der Waals surface area contributed by atoms with Crippen LogP contribution < -0.4 is 11.1 Å². The SMILES string of the molecule is NCCCNCC1CCOCO1. The van der Waals surface area contributed by atoms with Crippen molar-refractivity contribution in [2.75, 3.05) is 33.0 Å². The van der Waals surface area contributed by atoms with Crippen molar-refractivity contribution in [1.29, 1.82) is 0 Å². The average Bonchev–Trinajstić information content (AvgIpc) is 2.14. The minimum Gasteiger partial charge on any atom is -0.355 e. The summed E-state index contributed by atoms with van der Waals surface area (Å²) in [6, 6.07) is 0. The first kappa shape index (κ1) is 9.92. The summed E-state index contributed by atoms with van der Waals surface area (Å²) in [5, 5.41) is 3.30. The Balaban J connectivity index is 1.91. The normalized spacial score (nSPS) is 24.2.